The Kier molecular flexibility index (Phi) is 7.18. The largest absolute Gasteiger partial charge is 0.548 e. The van der Waals surface area contributed by atoms with Gasteiger partial charge in [0.05, 0.1) is 45.7 Å². The van der Waals surface area contributed by atoms with Crippen molar-refractivity contribution < 1.29 is 19.5 Å². The lowest BCUT2D eigenvalue weighted by atomic mass is 10.2. The number of hydrogen-bond donors (Lipinski definition) is 3. The van der Waals surface area contributed by atoms with E-state index in [0.29, 0.717) is 5.69 Å². The lowest BCUT2D eigenvalue weighted by Crippen LogP contribution is -2.43. The minimum absolute atomic E-state index is 0.200. The predicted molar refractivity (Wildman–Crippen MR) is 65.3 cm³/mol. The Balaban J connectivity index is 0.000000360. The van der Waals surface area contributed by atoms with Crippen LogP contribution in [0.3, 0.4) is 0 Å². The van der Waals surface area contributed by atoms with E-state index in [1.807, 2.05) is 0 Å². The number of aliphatic hydroxyl groups excluding tert-OH is 1. The van der Waals surface area contributed by atoms with Gasteiger partial charge in [-0.1, -0.05) is 0 Å². The maximum Gasteiger partial charge on any atom is 0.101 e. The first-order valence-electron chi connectivity index (χ1n) is 5.61. The molecule has 0 aliphatic carbocycles. The molecule has 0 fully saturated rings. The number of H-pyrrole nitrogens is 1. The summed E-state index contributed by atoms with van der Waals surface area (Å²) in [5.74, 6) is -1.26. The lowest BCUT2D eigenvalue weighted by molar-refractivity contribution is -0.870. The van der Waals surface area contributed by atoms with E-state index < -0.39 is 12.0 Å². The third-order valence-electron chi connectivity index (χ3n) is 2.06. The number of carbonyl (C=O) groups is 1. The average molecular weight is 258 g/mol. The molecule has 1 heterocycles. The van der Waals surface area contributed by atoms with E-state index >= 15 is 0 Å². The van der Waals surface area contributed by atoms with E-state index in [1.54, 1.807) is 6.20 Å². The van der Waals surface area contributed by atoms with Crippen LogP contribution in [0.15, 0.2) is 12.5 Å². The number of hydrogen-bond acceptors (Lipinski definition) is 5. The van der Waals surface area contributed by atoms with Crippen molar-refractivity contribution in [2.45, 2.75) is 12.5 Å². The fourth-order valence-corrected chi connectivity index (χ4v) is 1.01. The van der Waals surface area contributed by atoms with Gasteiger partial charge in [0.1, 0.15) is 6.54 Å². The minimum Gasteiger partial charge on any atom is -0.548 e. The molecule has 1 aromatic rings. The maximum absolute atomic E-state index is 10.2. The number of aliphatic carboxylic acids is 1. The Morgan fingerprint density at radius 1 is 1.61 bits per heavy atom. The zero-order valence-electron chi connectivity index (χ0n) is 11.1. The maximum atomic E-state index is 10.2. The second-order valence-corrected chi connectivity index (χ2v) is 4.93. The summed E-state index contributed by atoms with van der Waals surface area (Å²) in [5, 5.41) is 18.5. The molecule has 1 aromatic heterocycles. The van der Waals surface area contributed by atoms with Gasteiger partial charge >= 0.3 is 0 Å². The number of rotatable bonds is 5. The van der Waals surface area contributed by atoms with E-state index in [2.05, 4.69) is 31.1 Å². The van der Waals surface area contributed by atoms with Crippen LogP contribution in [-0.4, -0.2) is 65.9 Å². The van der Waals surface area contributed by atoms with Crippen LogP contribution in [0.1, 0.15) is 5.69 Å². The summed E-state index contributed by atoms with van der Waals surface area (Å²) >= 11 is 0. The summed E-state index contributed by atoms with van der Waals surface area (Å²) in [7, 11) is 6.16. The number of nitrogens with zero attached hydrogens (tertiary/aromatic N) is 2. The topological polar surface area (TPSA) is 115 Å². The number of carboxylic acids is 1. The number of carbonyl (C=O) groups excluding carboxylic acids is 1. The molecule has 4 N–H and O–H groups in total. The fourth-order valence-electron chi connectivity index (χ4n) is 1.01. The normalized spacial score (nSPS) is 12.5. The van der Waals surface area contributed by atoms with E-state index in [9.17, 15) is 9.90 Å². The fraction of sp³-hybridized carbons (Fsp3) is 0.636. The molecule has 1 unspecified atom stereocenters. The summed E-state index contributed by atoms with van der Waals surface area (Å²) in [6.07, 6.45) is 3.27. The molecule has 0 spiro atoms. The van der Waals surface area contributed by atoms with Gasteiger partial charge in [-0.05, 0) is 0 Å². The number of nitrogens with two attached hydrogens (primary N) is 1. The SMILES string of the molecule is C[N+](C)(C)CCO.NC(Cc1c[nH]cn1)C(=O)[O-]. The highest BCUT2D eigenvalue weighted by Crippen LogP contribution is 1.94. The number of aromatic amines is 1. The molecule has 0 amide bonds. The van der Waals surface area contributed by atoms with Crippen molar-refractivity contribution in [1.82, 2.24) is 9.97 Å². The lowest BCUT2D eigenvalue weighted by Gasteiger charge is -2.21. The molecule has 0 saturated carbocycles. The van der Waals surface area contributed by atoms with Crippen LogP contribution in [0, 0.1) is 0 Å². The van der Waals surface area contributed by atoms with Gasteiger partial charge in [-0.15, -0.1) is 0 Å². The first kappa shape index (κ1) is 16.6. The van der Waals surface area contributed by atoms with E-state index in [0.717, 1.165) is 11.0 Å². The molecule has 18 heavy (non-hydrogen) atoms. The molecule has 0 bridgehead atoms. The number of likely N-dealkylation sites (N-methyl/N-ethyl adjacent to an activating group) is 1. The van der Waals surface area contributed by atoms with Gasteiger partial charge in [0.25, 0.3) is 0 Å². The Bertz CT molecular complexity index is 333. The van der Waals surface area contributed by atoms with Crippen LogP contribution in [0.4, 0.5) is 0 Å². The number of aliphatic hydroxyl groups is 1. The standard InChI is InChI=1S/C6H9N3O2.C5H14NO/c7-5(6(10)11)1-4-2-8-3-9-4;1-6(2,3)4-5-7/h2-3,5H,1,7H2,(H,8,9)(H,10,11);7H,4-5H2,1-3H3/q;+1/p-1. The van der Waals surface area contributed by atoms with Gasteiger partial charge in [0.15, 0.2) is 0 Å². The molecular formula is C11H22N4O3. The van der Waals surface area contributed by atoms with E-state index in [1.165, 1.54) is 6.33 Å². The average Bonchev–Trinajstić information content (AvgIpc) is 2.69. The minimum atomic E-state index is -1.26. The highest BCUT2D eigenvalue weighted by Gasteiger charge is 2.05. The number of aromatic nitrogens is 2. The molecule has 0 radical (unpaired) electrons. The van der Waals surface area contributed by atoms with Crippen LogP contribution in [0.5, 0.6) is 0 Å². The van der Waals surface area contributed by atoms with Crippen molar-refractivity contribution in [2.75, 3.05) is 34.3 Å². The molecule has 0 saturated heterocycles. The molecule has 7 heteroatoms. The molecule has 7 nitrogen and oxygen atoms in total. The Morgan fingerprint density at radius 2 is 2.22 bits per heavy atom. The monoisotopic (exact) mass is 258 g/mol. The first-order valence-corrected chi connectivity index (χ1v) is 5.61. The second kappa shape index (κ2) is 7.80. The van der Waals surface area contributed by atoms with Crippen LogP contribution >= 0.6 is 0 Å². The summed E-state index contributed by atoms with van der Waals surface area (Å²) in [4.78, 5) is 16.7. The predicted octanol–water partition coefficient (Wildman–Crippen LogP) is -2.29. The van der Waals surface area contributed by atoms with Crippen LogP contribution in [0.25, 0.3) is 0 Å². The van der Waals surface area contributed by atoms with Crippen LogP contribution in [-0.2, 0) is 11.2 Å². The molecule has 104 valence electrons. The first-order chi connectivity index (χ1) is 8.26. The van der Waals surface area contributed by atoms with Crippen LogP contribution < -0.4 is 10.8 Å². The molecule has 0 aliphatic heterocycles. The van der Waals surface area contributed by atoms with E-state index in [-0.39, 0.29) is 13.0 Å². The molecule has 1 rings (SSSR count). The van der Waals surface area contributed by atoms with Gasteiger partial charge in [-0.2, -0.15) is 0 Å². The zero-order valence-corrected chi connectivity index (χ0v) is 11.1. The second-order valence-electron chi connectivity index (χ2n) is 4.93. The van der Waals surface area contributed by atoms with Gasteiger partial charge in [-0.3, -0.25) is 0 Å². The van der Waals surface area contributed by atoms with Gasteiger partial charge in [0.2, 0.25) is 0 Å². The molecule has 0 aliphatic rings. The van der Waals surface area contributed by atoms with Crippen molar-refractivity contribution in [2.24, 2.45) is 5.73 Å². The van der Waals surface area contributed by atoms with Crippen molar-refractivity contribution in [3.8, 4) is 0 Å². The molecular weight excluding hydrogens is 236 g/mol. The summed E-state index contributed by atoms with van der Waals surface area (Å²) in [6.45, 7) is 1.11. The highest BCUT2D eigenvalue weighted by molar-refractivity contribution is 5.71. The number of nitrogens with one attached hydrogen (secondary N) is 1. The highest BCUT2D eigenvalue weighted by atomic mass is 16.4. The third kappa shape index (κ3) is 8.68. The Hall–Kier alpha value is -1.44. The molecule has 0 aromatic carbocycles. The van der Waals surface area contributed by atoms with Gasteiger partial charge in [0, 0.05) is 18.7 Å². The number of imidazole rings is 1. The Labute approximate surface area is 107 Å². The quantitative estimate of drug-likeness (QED) is 0.514. The van der Waals surface area contributed by atoms with Crippen molar-refractivity contribution in [3.05, 3.63) is 18.2 Å². The third-order valence-corrected chi connectivity index (χ3v) is 2.06. The summed E-state index contributed by atoms with van der Waals surface area (Å²) in [5.41, 5.74) is 5.82. The van der Waals surface area contributed by atoms with Gasteiger partial charge in [-0.25, -0.2) is 4.98 Å². The van der Waals surface area contributed by atoms with Crippen molar-refractivity contribution in [3.63, 3.8) is 0 Å². The van der Waals surface area contributed by atoms with E-state index in [4.69, 9.17) is 10.8 Å². The zero-order chi connectivity index (χ0) is 14.2. The summed E-state index contributed by atoms with van der Waals surface area (Å²) in [6, 6.07) is -0.974. The van der Waals surface area contributed by atoms with Crippen LogP contribution in [0.2, 0.25) is 0 Å². The van der Waals surface area contributed by atoms with Crippen molar-refractivity contribution in [1.29, 1.82) is 0 Å². The van der Waals surface area contributed by atoms with Gasteiger partial charge < -0.3 is 30.2 Å². The number of quaternary nitrogens is 1. The summed E-state index contributed by atoms with van der Waals surface area (Å²) < 4.78 is 0.844. The molecule has 1 atom stereocenters. The number of carboxylic acid groups (broad SMARTS) is 1. The smallest absolute Gasteiger partial charge is 0.101 e. The Morgan fingerprint density at radius 3 is 2.50 bits per heavy atom. The van der Waals surface area contributed by atoms with Crippen molar-refractivity contribution >= 4 is 5.97 Å².